The van der Waals surface area contributed by atoms with Crippen molar-refractivity contribution in [3.8, 4) is 6.07 Å². The Morgan fingerprint density at radius 3 is 2.72 bits per heavy atom. The zero-order valence-corrected chi connectivity index (χ0v) is 18.8. The van der Waals surface area contributed by atoms with Crippen molar-refractivity contribution in [2.75, 3.05) is 19.8 Å². The first-order chi connectivity index (χ1) is 13.8. The van der Waals surface area contributed by atoms with Crippen molar-refractivity contribution in [2.24, 2.45) is 23.5 Å². The summed E-state index contributed by atoms with van der Waals surface area (Å²) in [4.78, 5) is 15.1. The van der Waals surface area contributed by atoms with Gasteiger partial charge in [0.05, 0.1) is 30.7 Å². The van der Waals surface area contributed by atoms with E-state index >= 15 is 0 Å². The monoisotopic (exact) mass is 415 g/mol. The number of ether oxygens (including phenoxy) is 1. The lowest BCUT2D eigenvalue weighted by molar-refractivity contribution is -0.130. The largest absolute Gasteiger partial charge is 0.380 e. The number of amides is 1. The molecule has 0 saturated heterocycles. The van der Waals surface area contributed by atoms with Gasteiger partial charge < -0.3 is 10.5 Å². The molecule has 0 saturated carbocycles. The van der Waals surface area contributed by atoms with Crippen LogP contribution in [0.25, 0.3) is 0 Å². The topological polar surface area (TPSA) is 79.3 Å². The van der Waals surface area contributed by atoms with E-state index in [0.717, 1.165) is 30.4 Å². The van der Waals surface area contributed by atoms with Crippen molar-refractivity contribution in [2.45, 2.75) is 52.9 Å². The van der Waals surface area contributed by atoms with Gasteiger partial charge in [0.25, 0.3) is 0 Å². The second-order valence-corrected chi connectivity index (χ2v) is 8.88. The number of nitrogens with zero attached hydrogens (tertiary/aromatic N) is 2. The standard InChI is InChI=1S/C23H33N3O2S/c1-5-28-9-8-26(23(25)29)22(27)21-19(11-16(4)10-15(2)3)13-18-7-6-17(14-24)12-20(18)21/h6-7,12,15-16,19,21H,5,8-11,13H2,1-4H3,(H2,25,29)/t16?,19?,21-/m0/s1. The maximum atomic E-state index is 13.6. The van der Waals surface area contributed by atoms with Crippen molar-refractivity contribution >= 4 is 23.2 Å². The molecule has 1 aromatic carbocycles. The van der Waals surface area contributed by atoms with Crippen molar-refractivity contribution in [1.29, 1.82) is 5.26 Å². The molecule has 0 fully saturated rings. The summed E-state index contributed by atoms with van der Waals surface area (Å²) in [6.07, 6.45) is 2.93. The summed E-state index contributed by atoms with van der Waals surface area (Å²) in [5, 5.41) is 9.42. The predicted octanol–water partition coefficient (Wildman–Crippen LogP) is 4.00. The lowest BCUT2D eigenvalue weighted by Gasteiger charge is -2.29. The van der Waals surface area contributed by atoms with Crippen molar-refractivity contribution in [1.82, 2.24) is 4.90 Å². The van der Waals surface area contributed by atoms with Gasteiger partial charge in [-0.25, -0.2) is 0 Å². The minimum absolute atomic E-state index is 0.0761. The van der Waals surface area contributed by atoms with Crippen molar-refractivity contribution < 1.29 is 9.53 Å². The molecular weight excluding hydrogens is 382 g/mol. The van der Waals surface area contributed by atoms with E-state index in [9.17, 15) is 10.1 Å². The minimum Gasteiger partial charge on any atom is -0.380 e. The molecule has 158 valence electrons. The summed E-state index contributed by atoms with van der Waals surface area (Å²) in [6.45, 7) is 9.94. The number of benzene rings is 1. The average Bonchev–Trinajstić information content (AvgIpc) is 3.00. The van der Waals surface area contributed by atoms with Crippen LogP contribution in [0.1, 0.15) is 63.1 Å². The van der Waals surface area contributed by atoms with Crippen molar-refractivity contribution in [3.63, 3.8) is 0 Å². The number of nitriles is 1. The van der Waals surface area contributed by atoms with E-state index < -0.39 is 0 Å². The van der Waals surface area contributed by atoms with Gasteiger partial charge in [0, 0.05) is 6.61 Å². The highest BCUT2D eigenvalue weighted by molar-refractivity contribution is 7.80. The Morgan fingerprint density at radius 1 is 1.41 bits per heavy atom. The lowest BCUT2D eigenvalue weighted by atomic mass is 9.82. The van der Waals surface area contributed by atoms with E-state index in [1.54, 1.807) is 0 Å². The number of rotatable bonds is 9. The van der Waals surface area contributed by atoms with Gasteiger partial charge >= 0.3 is 0 Å². The molecule has 6 heteroatoms. The first-order valence-electron chi connectivity index (χ1n) is 10.5. The summed E-state index contributed by atoms with van der Waals surface area (Å²) in [5.41, 5.74) is 8.58. The van der Waals surface area contributed by atoms with Crippen LogP contribution < -0.4 is 5.73 Å². The fourth-order valence-electron chi connectivity index (χ4n) is 4.56. The third kappa shape index (κ3) is 6.01. The molecule has 1 aliphatic rings. The van der Waals surface area contributed by atoms with Gasteiger partial charge in [0.2, 0.25) is 5.91 Å². The summed E-state index contributed by atoms with van der Waals surface area (Å²) >= 11 is 5.18. The highest BCUT2D eigenvalue weighted by Crippen LogP contribution is 2.43. The van der Waals surface area contributed by atoms with Gasteiger partial charge in [0.15, 0.2) is 5.11 Å². The molecule has 2 unspecified atom stereocenters. The van der Waals surface area contributed by atoms with Crippen LogP contribution >= 0.6 is 12.2 Å². The van der Waals surface area contributed by atoms with E-state index in [1.807, 2.05) is 25.1 Å². The third-order valence-electron chi connectivity index (χ3n) is 5.60. The first-order valence-corrected chi connectivity index (χ1v) is 10.9. The number of nitrogens with two attached hydrogens (primary N) is 1. The second kappa shape index (κ2) is 10.7. The van der Waals surface area contributed by atoms with Crippen molar-refractivity contribution in [3.05, 3.63) is 34.9 Å². The molecular formula is C23H33N3O2S. The summed E-state index contributed by atoms with van der Waals surface area (Å²) in [7, 11) is 0. The fourth-order valence-corrected chi connectivity index (χ4v) is 4.74. The Hall–Kier alpha value is -1.97. The number of thiocarbonyl (C=S) groups is 1. The molecule has 0 spiro atoms. The molecule has 1 aliphatic carbocycles. The molecule has 0 bridgehead atoms. The van der Waals surface area contributed by atoms with E-state index in [4.69, 9.17) is 22.7 Å². The zero-order valence-electron chi connectivity index (χ0n) is 18.0. The zero-order chi connectivity index (χ0) is 21.6. The summed E-state index contributed by atoms with van der Waals surface area (Å²) < 4.78 is 5.42. The van der Waals surface area contributed by atoms with E-state index in [-0.39, 0.29) is 22.9 Å². The molecule has 1 aromatic rings. The first kappa shape index (κ1) is 23.3. The Bertz CT molecular complexity index is 772. The van der Waals surface area contributed by atoms with Gasteiger partial charge in [-0.05, 0) is 79.4 Å². The van der Waals surface area contributed by atoms with Gasteiger partial charge in [-0.15, -0.1) is 0 Å². The maximum absolute atomic E-state index is 13.6. The molecule has 3 atom stereocenters. The Kier molecular flexibility index (Phi) is 8.60. The fraction of sp³-hybridized carbons (Fsp3) is 0.609. The quantitative estimate of drug-likeness (QED) is 0.487. The Morgan fingerprint density at radius 2 is 2.14 bits per heavy atom. The van der Waals surface area contributed by atoms with E-state index in [2.05, 4.69) is 26.8 Å². The van der Waals surface area contributed by atoms with Crippen LogP contribution in [0, 0.1) is 29.1 Å². The molecule has 0 aliphatic heterocycles. The Labute approximate surface area is 180 Å². The number of carbonyl (C=O) groups is 1. The normalized spacial score (nSPS) is 18.9. The van der Waals surface area contributed by atoms with E-state index in [1.165, 1.54) is 4.90 Å². The smallest absolute Gasteiger partial charge is 0.236 e. The number of hydrogen-bond acceptors (Lipinski definition) is 4. The number of carbonyl (C=O) groups excluding carboxylic acids is 1. The van der Waals surface area contributed by atoms with Crippen LogP contribution in [0.4, 0.5) is 0 Å². The van der Waals surface area contributed by atoms with Gasteiger partial charge in [0.1, 0.15) is 0 Å². The van der Waals surface area contributed by atoms with Gasteiger partial charge in [-0.1, -0.05) is 26.8 Å². The number of hydrogen-bond donors (Lipinski definition) is 1. The van der Waals surface area contributed by atoms with Crippen LogP contribution in [-0.4, -0.2) is 35.7 Å². The van der Waals surface area contributed by atoms with Crippen LogP contribution in [0.3, 0.4) is 0 Å². The van der Waals surface area contributed by atoms with Crippen LogP contribution in [0.5, 0.6) is 0 Å². The summed E-state index contributed by atoms with van der Waals surface area (Å²) in [6, 6.07) is 7.89. The van der Waals surface area contributed by atoms with E-state index in [0.29, 0.717) is 37.2 Å². The molecule has 0 radical (unpaired) electrons. The number of fused-ring (bicyclic) bond motifs is 1. The lowest BCUT2D eigenvalue weighted by Crippen LogP contribution is -2.45. The second-order valence-electron chi connectivity index (χ2n) is 8.46. The molecule has 2 rings (SSSR count). The van der Waals surface area contributed by atoms with Crippen LogP contribution in [0.2, 0.25) is 0 Å². The van der Waals surface area contributed by atoms with Crippen LogP contribution in [-0.2, 0) is 16.0 Å². The molecule has 0 heterocycles. The third-order valence-corrected chi connectivity index (χ3v) is 5.82. The molecule has 5 nitrogen and oxygen atoms in total. The Balaban J connectivity index is 2.34. The van der Waals surface area contributed by atoms with Gasteiger partial charge in [-0.3, -0.25) is 9.69 Å². The van der Waals surface area contributed by atoms with Gasteiger partial charge in [-0.2, -0.15) is 5.26 Å². The molecule has 2 N–H and O–H groups in total. The summed E-state index contributed by atoms with van der Waals surface area (Å²) in [5.74, 6) is 0.919. The molecule has 0 aromatic heterocycles. The minimum atomic E-state index is -0.323. The average molecular weight is 416 g/mol. The predicted molar refractivity (Wildman–Crippen MR) is 119 cm³/mol. The molecule has 29 heavy (non-hydrogen) atoms. The SMILES string of the molecule is CCOCCN(C(=O)[C@@H]1c2cc(C#N)ccc2CC1CC(C)CC(C)C)C(N)=S. The van der Waals surface area contributed by atoms with Crippen LogP contribution in [0.15, 0.2) is 18.2 Å². The highest BCUT2D eigenvalue weighted by Gasteiger charge is 2.40. The highest BCUT2D eigenvalue weighted by atomic mass is 32.1. The maximum Gasteiger partial charge on any atom is 0.236 e. The molecule has 1 amide bonds.